The Morgan fingerprint density at radius 2 is 1.29 bits per heavy atom. The van der Waals surface area contributed by atoms with Crippen LogP contribution in [0.4, 0.5) is 0 Å². The van der Waals surface area contributed by atoms with Gasteiger partial charge in [0.2, 0.25) is 0 Å². The Balaban J connectivity index is 5.23. The molecule has 0 bridgehead atoms. The highest BCUT2D eigenvalue weighted by Crippen LogP contribution is 2.46. The van der Waals surface area contributed by atoms with E-state index in [0.29, 0.717) is 11.7 Å². The number of ketones is 1. The Morgan fingerprint density at radius 1 is 0.929 bits per heavy atom. The third-order valence-electron chi connectivity index (χ3n) is 3.75. The summed E-state index contributed by atoms with van der Waals surface area (Å²) in [5.74, 6) is 0.902. The van der Waals surface area contributed by atoms with E-state index in [2.05, 4.69) is 41.5 Å². The maximum atomic E-state index is 12.3. The molecule has 0 aliphatic heterocycles. The predicted octanol–water partition coefficient (Wildman–Crippen LogP) is 3.92. The van der Waals surface area contributed by atoms with Crippen LogP contribution in [-0.4, -0.2) is 5.78 Å². The van der Waals surface area contributed by atoms with E-state index in [4.69, 9.17) is 0 Å². The third-order valence-corrected chi connectivity index (χ3v) is 3.75. The van der Waals surface area contributed by atoms with Crippen molar-refractivity contribution in [1.82, 2.24) is 0 Å². The van der Waals surface area contributed by atoms with Crippen LogP contribution >= 0.6 is 0 Å². The average Bonchev–Trinajstić information content (AvgIpc) is 1.98. The maximum absolute atomic E-state index is 12.3. The average molecular weight is 198 g/mol. The first-order chi connectivity index (χ1) is 6.05. The van der Waals surface area contributed by atoms with Gasteiger partial charge in [-0.25, -0.2) is 0 Å². The van der Waals surface area contributed by atoms with Crippen LogP contribution in [0.25, 0.3) is 0 Å². The van der Waals surface area contributed by atoms with Crippen molar-refractivity contribution in [3.63, 3.8) is 0 Å². The summed E-state index contributed by atoms with van der Waals surface area (Å²) in [6, 6.07) is 0. The van der Waals surface area contributed by atoms with Crippen LogP contribution in [0.5, 0.6) is 0 Å². The molecule has 0 aromatic carbocycles. The summed E-state index contributed by atoms with van der Waals surface area (Å²) in [6.07, 6.45) is 0. The molecule has 0 heterocycles. The number of rotatable bonds is 3. The summed E-state index contributed by atoms with van der Waals surface area (Å²) in [5.41, 5.74) is -0.191. The maximum Gasteiger partial charge on any atom is 0.142 e. The van der Waals surface area contributed by atoms with E-state index in [1.54, 1.807) is 0 Å². The van der Waals surface area contributed by atoms with Crippen molar-refractivity contribution < 1.29 is 4.79 Å². The summed E-state index contributed by atoms with van der Waals surface area (Å²) >= 11 is 0. The fourth-order valence-electron chi connectivity index (χ4n) is 2.12. The molecule has 1 unspecified atom stereocenters. The van der Waals surface area contributed by atoms with Crippen molar-refractivity contribution in [3.8, 4) is 0 Å². The lowest BCUT2D eigenvalue weighted by atomic mass is 9.58. The van der Waals surface area contributed by atoms with Crippen molar-refractivity contribution >= 4 is 5.78 Å². The summed E-state index contributed by atoms with van der Waals surface area (Å²) in [6.45, 7) is 16.9. The molecule has 0 aromatic rings. The standard InChI is InChI=1S/C13H26O/c1-9(2)11(14)13(8,10(3)4)12(5,6)7/h9-10H,1-8H3. The Labute approximate surface area is 89.3 Å². The second-order valence-corrected chi connectivity index (χ2v) is 6.13. The van der Waals surface area contributed by atoms with Crippen LogP contribution in [-0.2, 0) is 4.79 Å². The van der Waals surface area contributed by atoms with Gasteiger partial charge in [-0.15, -0.1) is 0 Å². The normalized spacial score (nSPS) is 17.3. The van der Waals surface area contributed by atoms with Crippen molar-refractivity contribution in [3.05, 3.63) is 0 Å². The molecule has 84 valence electrons. The van der Waals surface area contributed by atoms with E-state index in [0.717, 1.165) is 0 Å². The monoisotopic (exact) mass is 198 g/mol. The Morgan fingerprint density at radius 3 is 1.36 bits per heavy atom. The summed E-state index contributed by atoms with van der Waals surface area (Å²) in [4.78, 5) is 12.3. The minimum atomic E-state index is -0.221. The largest absolute Gasteiger partial charge is 0.299 e. The molecule has 0 N–H and O–H groups in total. The number of carbonyl (C=O) groups excluding carboxylic acids is 1. The molecule has 0 aliphatic rings. The molecule has 14 heavy (non-hydrogen) atoms. The van der Waals surface area contributed by atoms with Crippen molar-refractivity contribution in [2.24, 2.45) is 22.7 Å². The first-order valence-electron chi connectivity index (χ1n) is 5.59. The SMILES string of the molecule is CC(C)C(=O)C(C)(C(C)C)C(C)(C)C. The Hall–Kier alpha value is -0.330. The fourth-order valence-corrected chi connectivity index (χ4v) is 2.12. The first kappa shape index (κ1) is 13.7. The van der Waals surface area contributed by atoms with Gasteiger partial charge in [-0.3, -0.25) is 4.79 Å². The van der Waals surface area contributed by atoms with E-state index in [1.807, 2.05) is 13.8 Å². The number of Topliss-reactive ketones (excluding diaryl/α,β-unsaturated/α-hetero) is 1. The van der Waals surface area contributed by atoms with Gasteiger partial charge in [-0.2, -0.15) is 0 Å². The van der Waals surface area contributed by atoms with Crippen LogP contribution in [0, 0.1) is 22.7 Å². The Kier molecular flexibility index (Phi) is 3.94. The highest BCUT2D eigenvalue weighted by molar-refractivity contribution is 5.87. The van der Waals surface area contributed by atoms with E-state index < -0.39 is 0 Å². The van der Waals surface area contributed by atoms with Gasteiger partial charge < -0.3 is 0 Å². The lowest BCUT2D eigenvalue weighted by Crippen LogP contribution is -2.46. The summed E-state index contributed by atoms with van der Waals surface area (Å²) < 4.78 is 0. The van der Waals surface area contributed by atoms with Gasteiger partial charge in [-0.1, -0.05) is 55.4 Å². The molecule has 1 heteroatoms. The predicted molar refractivity (Wildman–Crippen MR) is 62.2 cm³/mol. The third kappa shape index (κ3) is 2.18. The first-order valence-corrected chi connectivity index (χ1v) is 5.59. The van der Waals surface area contributed by atoms with Crippen LogP contribution in [0.3, 0.4) is 0 Å². The molecule has 0 radical (unpaired) electrons. The molecular formula is C13H26O. The molecule has 0 aliphatic carbocycles. The number of carbonyl (C=O) groups is 1. The van der Waals surface area contributed by atoms with Gasteiger partial charge in [0.25, 0.3) is 0 Å². The molecule has 0 aromatic heterocycles. The van der Waals surface area contributed by atoms with Crippen LogP contribution in [0.1, 0.15) is 55.4 Å². The zero-order chi connectivity index (χ0) is 11.7. The molecule has 0 saturated carbocycles. The molecule has 0 fully saturated rings. The van der Waals surface area contributed by atoms with Crippen LogP contribution in [0.2, 0.25) is 0 Å². The second-order valence-electron chi connectivity index (χ2n) is 6.13. The zero-order valence-electron chi connectivity index (χ0n) is 11.1. The molecule has 1 atom stereocenters. The van der Waals surface area contributed by atoms with Gasteiger partial charge in [0.1, 0.15) is 5.78 Å². The van der Waals surface area contributed by atoms with Crippen molar-refractivity contribution in [2.75, 3.05) is 0 Å². The minimum Gasteiger partial charge on any atom is -0.299 e. The molecule has 0 rings (SSSR count). The van der Waals surface area contributed by atoms with Gasteiger partial charge in [0.05, 0.1) is 0 Å². The molecule has 0 spiro atoms. The Bertz CT molecular complexity index is 208. The molecule has 0 amide bonds. The van der Waals surface area contributed by atoms with E-state index >= 15 is 0 Å². The van der Waals surface area contributed by atoms with Gasteiger partial charge in [-0.05, 0) is 11.3 Å². The second kappa shape index (κ2) is 4.04. The number of hydrogen-bond acceptors (Lipinski definition) is 1. The van der Waals surface area contributed by atoms with Crippen molar-refractivity contribution in [2.45, 2.75) is 55.4 Å². The quantitative estimate of drug-likeness (QED) is 0.671. The summed E-state index contributed by atoms with van der Waals surface area (Å²) in [5, 5.41) is 0. The zero-order valence-corrected chi connectivity index (χ0v) is 11.1. The van der Waals surface area contributed by atoms with Gasteiger partial charge in [0, 0.05) is 11.3 Å². The van der Waals surface area contributed by atoms with Gasteiger partial charge in [0.15, 0.2) is 0 Å². The highest BCUT2D eigenvalue weighted by atomic mass is 16.1. The van der Waals surface area contributed by atoms with E-state index in [9.17, 15) is 4.79 Å². The fraction of sp³-hybridized carbons (Fsp3) is 0.923. The van der Waals surface area contributed by atoms with Gasteiger partial charge >= 0.3 is 0 Å². The van der Waals surface area contributed by atoms with Crippen LogP contribution in [0.15, 0.2) is 0 Å². The topological polar surface area (TPSA) is 17.1 Å². The van der Waals surface area contributed by atoms with E-state index in [-0.39, 0.29) is 16.7 Å². The minimum absolute atomic E-state index is 0.0303. The van der Waals surface area contributed by atoms with Crippen LogP contribution < -0.4 is 0 Å². The lowest BCUT2D eigenvalue weighted by Gasteiger charge is -2.45. The molecule has 0 saturated heterocycles. The van der Waals surface area contributed by atoms with Crippen molar-refractivity contribution in [1.29, 1.82) is 0 Å². The highest BCUT2D eigenvalue weighted by Gasteiger charge is 2.46. The number of hydrogen-bond donors (Lipinski definition) is 0. The smallest absolute Gasteiger partial charge is 0.142 e. The molecule has 1 nitrogen and oxygen atoms in total. The lowest BCUT2D eigenvalue weighted by molar-refractivity contribution is -0.141. The van der Waals surface area contributed by atoms with E-state index in [1.165, 1.54) is 0 Å². The molecular weight excluding hydrogens is 172 g/mol. The summed E-state index contributed by atoms with van der Waals surface area (Å²) in [7, 11) is 0.